The zero-order valence-corrected chi connectivity index (χ0v) is 10.8. The number of oxazole rings is 1. The molecule has 0 radical (unpaired) electrons. The van der Waals surface area contributed by atoms with Crippen molar-refractivity contribution >= 4 is 5.91 Å². The van der Waals surface area contributed by atoms with Crippen LogP contribution >= 0.6 is 0 Å². The second kappa shape index (κ2) is 7.06. The highest BCUT2D eigenvalue weighted by molar-refractivity contribution is 5.76. The third-order valence-electron chi connectivity index (χ3n) is 2.38. The summed E-state index contributed by atoms with van der Waals surface area (Å²) in [4.78, 5) is 17.7. The van der Waals surface area contributed by atoms with Gasteiger partial charge in [0.15, 0.2) is 5.89 Å². The molecule has 0 aliphatic heterocycles. The van der Waals surface area contributed by atoms with Crippen molar-refractivity contribution in [3.8, 4) is 0 Å². The first-order chi connectivity index (χ1) is 8.08. The van der Waals surface area contributed by atoms with Crippen molar-refractivity contribution in [1.29, 1.82) is 0 Å². The Kier molecular flexibility index (Phi) is 5.69. The van der Waals surface area contributed by atoms with Crippen LogP contribution in [0, 0.1) is 6.92 Å². The molecule has 0 spiro atoms. The van der Waals surface area contributed by atoms with E-state index in [1.165, 1.54) is 0 Å². The number of amides is 1. The third-order valence-corrected chi connectivity index (χ3v) is 2.38. The highest BCUT2D eigenvalue weighted by Gasteiger charge is 2.04. The molecule has 0 saturated heterocycles. The van der Waals surface area contributed by atoms with Crippen molar-refractivity contribution < 1.29 is 9.21 Å². The lowest BCUT2D eigenvalue weighted by Crippen LogP contribution is -2.27. The summed E-state index contributed by atoms with van der Waals surface area (Å²) in [7, 11) is 4.05. The molecule has 1 aromatic heterocycles. The molecule has 0 unspecified atom stereocenters. The van der Waals surface area contributed by atoms with Gasteiger partial charge in [0, 0.05) is 26.3 Å². The maximum atomic E-state index is 11.5. The highest BCUT2D eigenvalue weighted by Crippen LogP contribution is 2.03. The first-order valence-electron chi connectivity index (χ1n) is 5.90. The van der Waals surface area contributed by atoms with E-state index in [0.29, 0.717) is 18.7 Å². The van der Waals surface area contributed by atoms with Gasteiger partial charge in [-0.05, 0) is 27.1 Å². The normalized spacial score (nSPS) is 10.8. The monoisotopic (exact) mass is 239 g/mol. The summed E-state index contributed by atoms with van der Waals surface area (Å²) in [5, 5.41) is 2.89. The van der Waals surface area contributed by atoms with Gasteiger partial charge >= 0.3 is 0 Å². The second-order valence-corrected chi connectivity index (χ2v) is 4.36. The molecule has 0 atom stereocenters. The maximum Gasteiger partial charge on any atom is 0.220 e. The molecule has 0 aliphatic rings. The van der Waals surface area contributed by atoms with E-state index < -0.39 is 0 Å². The molecule has 1 amide bonds. The standard InChI is InChI=1S/C12H21N3O2/c1-10-14-11(9-17-10)5-6-12(16)13-7-4-8-15(2)3/h9H,4-8H2,1-3H3,(H,13,16). The summed E-state index contributed by atoms with van der Waals surface area (Å²) < 4.78 is 5.07. The van der Waals surface area contributed by atoms with E-state index >= 15 is 0 Å². The fourth-order valence-corrected chi connectivity index (χ4v) is 1.48. The molecule has 0 aromatic carbocycles. The summed E-state index contributed by atoms with van der Waals surface area (Å²) in [5.74, 6) is 0.718. The Morgan fingerprint density at radius 2 is 2.29 bits per heavy atom. The lowest BCUT2D eigenvalue weighted by Gasteiger charge is -2.09. The number of aryl methyl sites for hydroxylation is 2. The Bertz CT molecular complexity index is 347. The molecule has 1 rings (SSSR count). The average Bonchev–Trinajstić information content (AvgIpc) is 2.67. The fraction of sp³-hybridized carbons (Fsp3) is 0.667. The topological polar surface area (TPSA) is 58.4 Å². The van der Waals surface area contributed by atoms with E-state index in [4.69, 9.17) is 4.42 Å². The zero-order chi connectivity index (χ0) is 12.7. The van der Waals surface area contributed by atoms with Gasteiger partial charge in [-0.25, -0.2) is 4.98 Å². The van der Waals surface area contributed by atoms with Gasteiger partial charge in [-0.3, -0.25) is 4.79 Å². The number of carbonyl (C=O) groups excluding carboxylic acids is 1. The van der Waals surface area contributed by atoms with Crippen LogP contribution in [0.25, 0.3) is 0 Å². The molecule has 1 heterocycles. The van der Waals surface area contributed by atoms with Gasteiger partial charge in [-0.1, -0.05) is 0 Å². The lowest BCUT2D eigenvalue weighted by atomic mass is 10.2. The van der Waals surface area contributed by atoms with Crippen LogP contribution < -0.4 is 5.32 Å². The lowest BCUT2D eigenvalue weighted by molar-refractivity contribution is -0.121. The Balaban J connectivity index is 2.09. The number of nitrogens with one attached hydrogen (secondary N) is 1. The van der Waals surface area contributed by atoms with Gasteiger partial charge in [0.05, 0.1) is 5.69 Å². The van der Waals surface area contributed by atoms with Gasteiger partial charge in [-0.15, -0.1) is 0 Å². The van der Waals surface area contributed by atoms with Crippen LogP contribution in [0.15, 0.2) is 10.7 Å². The van der Waals surface area contributed by atoms with E-state index in [-0.39, 0.29) is 5.91 Å². The Morgan fingerprint density at radius 3 is 2.88 bits per heavy atom. The van der Waals surface area contributed by atoms with Crippen molar-refractivity contribution in [2.75, 3.05) is 27.2 Å². The SMILES string of the molecule is Cc1nc(CCC(=O)NCCCN(C)C)co1. The molecule has 0 fully saturated rings. The minimum absolute atomic E-state index is 0.0735. The van der Waals surface area contributed by atoms with E-state index in [2.05, 4.69) is 15.2 Å². The minimum atomic E-state index is 0.0735. The molecule has 5 heteroatoms. The fourth-order valence-electron chi connectivity index (χ4n) is 1.48. The molecule has 1 N–H and O–H groups in total. The average molecular weight is 239 g/mol. The second-order valence-electron chi connectivity index (χ2n) is 4.36. The van der Waals surface area contributed by atoms with E-state index in [1.54, 1.807) is 13.2 Å². The van der Waals surface area contributed by atoms with Gasteiger partial charge in [-0.2, -0.15) is 0 Å². The molecule has 1 aromatic rings. The predicted octanol–water partition coefficient (Wildman–Crippen LogP) is 0.984. The number of carbonyl (C=O) groups is 1. The van der Waals surface area contributed by atoms with E-state index in [0.717, 1.165) is 25.2 Å². The van der Waals surface area contributed by atoms with Crippen molar-refractivity contribution in [3.63, 3.8) is 0 Å². The molecule has 96 valence electrons. The van der Waals surface area contributed by atoms with Gasteiger partial charge in [0.2, 0.25) is 5.91 Å². The molecule has 0 saturated carbocycles. The Morgan fingerprint density at radius 1 is 1.53 bits per heavy atom. The Hall–Kier alpha value is -1.36. The highest BCUT2D eigenvalue weighted by atomic mass is 16.3. The van der Waals surface area contributed by atoms with Crippen molar-refractivity contribution in [2.45, 2.75) is 26.2 Å². The van der Waals surface area contributed by atoms with Crippen molar-refractivity contribution in [2.24, 2.45) is 0 Å². The molecule has 17 heavy (non-hydrogen) atoms. The summed E-state index contributed by atoms with van der Waals surface area (Å²) in [6, 6.07) is 0. The van der Waals surface area contributed by atoms with Crippen LogP contribution in [0.3, 0.4) is 0 Å². The smallest absolute Gasteiger partial charge is 0.220 e. The number of aromatic nitrogens is 1. The first kappa shape index (κ1) is 13.7. The van der Waals surface area contributed by atoms with Crippen molar-refractivity contribution in [3.05, 3.63) is 17.8 Å². The molecular weight excluding hydrogens is 218 g/mol. The molecular formula is C12H21N3O2. The van der Waals surface area contributed by atoms with Crippen molar-refractivity contribution in [1.82, 2.24) is 15.2 Å². The van der Waals surface area contributed by atoms with E-state index in [9.17, 15) is 4.79 Å². The summed E-state index contributed by atoms with van der Waals surface area (Å²) >= 11 is 0. The first-order valence-corrected chi connectivity index (χ1v) is 5.90. The predicted molar refractivity (Wildman–Crippen MR) is 65.7 cm³/mol. The Labute approximate surface area is 102 Å². The van der Waals surface area contributed by atoms with Gasteiger partial charge in [0.1, 0.15) is 6.26 Å². The zero-order valence-electron chi connectivity index (χ0n) is 10.8. The van der Waals surface area contributed by atoms with Crippen LogP contribution in [0.1, 0.15) is 24.4 Å². The molecule has 0 aliphatic carbocycles. The van der Waals surface area contributed by atoms with Crippen LogP contribution in [-0.2, 0) is 11.2 Å². The maximum absolute atomic E-state index is 11.5. The largest absolute Gasteiger partial charge is 0.449 e. The summed E-state index contributed by atoms with van der Waals surface area (Å²) in [6.45, 7) is 3.52. The minimum Gasteiger partial charge on any atom is -0.449 e. The number of hydrogen-bond acceptors (Lipinski definition) is 4. The number of hydrogen-bond donors (Lipinski definition) is 1. The molecule has 5 nitrogen and oxygen atoms in total. The third kappa shape index (κ3) is 6.06. The van der Waals surface area contributed by atoms with Crippen LogP contribution in [0.5, 0.6) is 0 Å². The number of rotatable bonds is 7. The quantitative estimate of drug-likeness (QED) is 0.721. The number of nitrogens with zero attached hydrogens (tertiary/aromatic N) is 2. The van der Waals surface area contributed by atoms with E-state index in [1.807, 2.05) is 14.1 Å². The summed E-state index contributed by atoms with van der Waals surface area (Å²) in [5.41, 5.74) is 0.839. The summed E-state index contributed by atoms with van der Waals surface area (Å²) in [6.07, 6.45) is 3.68. The van der Waals surface area contributed by atoms with Crippen LogP contribution in [0.2, 0.25) is 0 Å². The van der Waals surface area contributed by atoms with Crippen LogP contribution in [0.4, 0.5) is 0 Å². The van der Waals surface area contributed by atoms with Gasteiger partial charge < -0.3 is 14.6 Å². The van der Waals surface area contributed by atoms with Gasteiger partial charge in [0.25, 0.3) is 0 Å². The van der Waals surface area contributed by atoms with Crippen LogP contribution in [-0.4, -0.2) is 43.0 Å². The molecule has 0 bridgehead atoms.